The minimum absolute atomic E-state index is 0.964. The topological polar surface area (TPSA) is 15.3 Å². The Morgan fingerprint density at radius 2 is 2.05 bits per heavy atom. The summed E-state index contributed by atoms with van der Waals surface area (Å²) in [7, 11) is 2.14. The Hall–Kier alpha value is -0.840. The first-order valence-corrected chi connectivity index (χ1v) is 8.13. The van der Waals surface area contributed by atoms with E-state index in [0.717, 1.165) is 26.1 Å². The maximum absolute atomic E-state index is 3.48. The van der Waals surface area contributed by atoms with Crippen LogP contribution in [0.25, 0.3) is 0 Å². The van der Waals surface area contributed by atoms with Gasteiger partial charge in [-0.15, -0.1) is 11.3 Å². The first-order chi connectivity index (χ1) is 9.25. The van der Waals surface area contributed by atoms with Gasteiger partial charge in [0, 0.05) is 40.6 Å². The molecule has 1 aromatic carbocycles. The number of hydrogen-bond acceptors (Lipinski definition) is 3. The number of anilines is 1. The zero-order valence-corrected chi connectivity index (χ0v) is 13.5. The maximum Gasteiger partial charge on any atom is 0.0363 e. The molecule has 2 nitrogen and oxygen atoms in total. The van der Waals surface area contributed by atoms with Crippen LogP contribution in [0.1, 0.15) is 11.3 Å². The molecule has 4 heteroatoms. The number of rotatable bonds is 7. The summed E-state index contributed by atoms with van der Waals surface area (Å²) >= 11 is 5.27. The summed E-state index contributed by atoms with van der Waals surface area (Å²) in [6, 6.07) is 12.7. The van der Waals surface area contributed by atoms with Gasteiger partial charge in [-0.2, -0.15) is 0 Å². The van der Waals surface area contributed by atoms with Crippen LogP contribution < -0.4 is 10.2 Å². The highest BCUT2D eigenvalue weighted by atomic mass is 79.9. The lowest BCUT2D eigenvalue weighted by molar-refractivity contribution is 0.650. The first kappa shape index (κ1) is 14.6. The Morgan fingerprint density at radius 1 is 1.26 bits per heavy atom. The Morgan fingerprint density at radius 3 is 2.74 bits per heavy atom. The van der Waals surface area contributed by atoms with Gasteiger partial charge in [0.15, 0.2) is 0 Å². The summed E-state index contributed by atoms with van der Waals surface area (Å²) in [6.07, 6.45) is 1.15. The molecule has 0 saturated carbocycles. The summed E-state index contributed by atoms with van der Waals surface area (Å²) in [6.45, 7) is 3.09. The monoisotopic (exact) mass is 338 g/mol. The van der Waals surface area contributed by atoms with Gasteiger partial charge in [-0.1, -0.05) is 18.2 Å². The standard InChI is InChI=1S/C15H19BrN2S/c1-18(14-6-3-2-4-7-14)9-5-8-17-11-15-10-13(16)12-19-15/h2-4,6-7,10,12,17H,5,8-9,11H2,1H3. The molecule has 0 aliphatic heterocycles. The third-order valence-corrected chi connectivity index (χ3v) is 4.66. The third kappa shape index (κ3) is 4.97. The molecule has 0 aliphatic rings. The molecule has 1 aromatic heterocycles. The fourth-order valence-corrected chi connectivity index (χ4v) is 3.33. The normalized spacial score (nSPS) is 10.6. The van der Waals surface area contributed by atoms with E-state index < -0.39 is 0 Å². The van der Waals surface area contributed by atoms with Crippen LogP contribution in [0.4, 0.5) is 5.69 Å². The number of halogens is 1. The number of thiophene rings is 1. The number of nitrogens with zero attached hydrogens (tertiary/aromatic N) is 1. The summed E-state index contributed by atoms with van der Waals surface area (Å²) < 4.78 is 1.18. The summed E-state index contributed by atoms with van der Waals surface area (Å²) in [4.78, 5) is 3.67. The average Bonchev–Trinajstić information content (AvgIpc) is 2.85. The Kier molecular flexibility index (Phi) is 5.89. The van der Waals surface area contributed by atoms with Crippen molar-refractivity contribution in [3.63, 3.8) is 0 Å². The van der Waals surface area contributed by atoms with Crippen molar-refractivity contribution in [3.8, 4) is 0 Å². The molecule has 19 heavy (non-hydrogen) atoms. The molecule has 2 rings (SSSR count). The van der Waals surface area contributed by atoms with E-state index in [1.165, 1.54) is 15.0 Å². The van der Waals surface area contributed by atoms with Crippen molar-refractivity contribution in [1.82, 2.24) is 5.32 Å². The van der Waals surface area contributed by atoms with Crippen LogP contribution in [0.5, 0.6) is 0 Å². The van der Waals surface area contributed by atoms with Gasteiger partial charge in [0.25, 0.3) is 0 Å². The van der Waals surface area contributed by atoms with Gasteiger partial charge >= 0.3 is 0 Å². The average molecular weight is 339 g/mol. The molecular formula is C15H19BrN2S. The number of para-hydroxylation sites is 1. The Bertz CT molecular complexity index is 484. The van der Waals surface area contributed by atoms with E-state index in [0.29, 0.717) is 0 Å². The molecular weight excluding hydrogens is 320 g/mol. The molecule has 1 N–H and O–H groups in total. The van der Waals surface area contributed by atoms with E-state index in [9.17, 15) is 0 Å². The van der Waals surface area contributed by atoms with Crippen molar-refractivity contribution in [2.75, 3.05) is 25.0 Å². The lowest BCUT2D eigenvalue weighted by atomic mass is 10.3. The molecule has 2 aromatic rings. The fourth-order valence-electron chi connectivity index (χ4n) is 1.91. The van der Waals surface area contributed by atoms with Crippen LogP contribution in [0.15, 0.2) is 46.3 Å². The second-order valence-electron chi connectivity index (χ2n) is 4.52. The van der Waals surface area contributed by atoms with Crippen LogP contribution in [0.2, 0.25) is 0 Å². The fraction of sp³-hybridized carbons (Fsp3) is 0.333. The molecule has 0 fully saturated rings. The molecule has 0 aliphatic carbocycles. The third-order valence-electron chi connectivity index (χ3n) is 2.97. The van der Waals surface area contributed by atoms with Crippen LogP contribution in [0, 0.1) is 0 Å². The Balaban J connectivity index is 1.62. The van der Waals surface area contributed by atoms with Gasteiger partial charge in [0.2, 0.25) is 0 Å². The van der Waals surface area contributed by atoms with Crippen molar-refractivity contribution >= 4 is 33.0 Å². The van der Waals surface area contributed by atoms with Crippen LogP contribution in [-0.2, 0) is 6.54 Å². The zero-order chi connectivity index (χ0) is 13.5. The van der Waals surface area contributed by atoms with Gasteiger partial charge in [0.05, 0.1) is 0 Å². The largest absolute Gasteiger partial charge is 0.375 e. The predicted octanol–water partition coefficient (Wildman–Crippen LogP) is 4.13. The van der Waals surface area contributed by atoms with Crippen LogP contribution in [-0.4, -0.2) is 20.1 Å². The molecule has 102 valence electrons. The van der Waals surface area contributed by atoms with E-state index in [1.807, 2.05) is 0 Å². The summed E-state index contributed by atoms with van der Waals surface area (Å²) in [5, 5.41) is 5.61. The lowest BCUT2D eigenvalue weighted by Gasteiger charge is -2.19. The number of hydrogen-bond donors (Lipinski definition) is 1. The van der Waals surface area contributed by atoms with Gasteiger partial charge in [-0.25, -0.2) is 0 Å². The van der Waals surface area contributed by atoms with E-state index >= 15 is 0 Å². The maximum atomic E-state index is 3.48. The molecule has 1 heterocycles. The first-order valence-electron chi connectivity index (χ1n) is 6.45. The Labute approximate surface area is 127 Å². The highest BCUT2D eigenvalue weighted by molar-refractivity contribution is 9.10. The van der Waals surface area contributed by atoms with E-state index in [4.69, 9.17) is 0 Å². The quantitative estimate of drug-likeness (QED) is 0.763. The minimum Gasteiger partial charge on any atom is -0.375 e. The van der Waals surface area contributed by atoms with E-state index in [-0.39, 0.29) is 0 Å². The highest BCUT2D eigenvalue weighted by Crippen LogP contribution is 2.19. The van der Waals surface area contributed by atoms with Crippen molar-refractivity contribution < 1.29 is 0 Å². The second-order valence-corrected chi connectivity index (χ2v) is 6.43. The minimum atomic E-state index is 0.964. The molecule has 0 amide bonds. The van der Waals surface area contributed by atoms with E-state index in [1.54, 1.807) is 11.3 Å². The van der Waals surface area contributed by atoms with Crippen LogP contribution in [0.3, 0.4) is 0 Å². The lowest BCUT2D eigenvalue weighted by Crippen LogP contribution is -2.23. The molecule has 0 spiro atoms. The van der Waals surface area contributed by atoms with Crippen molar-refractivity contribution in [3.05, 3.63) is 51.1 Å². The summed E-state index contributed by atoms with van der Waals surface area (Å²) in [5.74, 6) is 0. The molecule has 0 saturated heterocycles. The smallest absolute Gasteiger partial charge is 0.0363 e. The van der Waals surface area contributed by atoms with Crippen LogP contribution >= 0.6 is 27.3 Å². The van der Waals surface area contributed by atoms with E-state index in [2.05, 4.69) is 75.0 Å². The van der Waals surface area contributed by atoms with Gasteiger partial charge in [0.1, 0.15) is 0 Å². The van der Waals surface area contributed by atoms with Crippen molar-refractivity contribution in [2.45, 2.75) is 13.0 Å². The molecule has 0 radical (unpaired) electrons. The SMILES string of the molecule is CN(CCCNCc1cc(Br)cs1)c1ccccc1. The molecule has 0 bridgehead atoms. The number of benzene rings is 1. The summed E-state index contributed by atoms with van der Waals surface area (Å²) in [5.41, 5.74) is 1.28. The number of nitrogens with one attached hydrogen (secondary N) is 1. The van der Waals surface area contributed by atoms with Gasteiger partial charge in [-0.05, 0) is 47.1 Å². The molecule has 0 unspecified atom stereocenters. The van der Waals surface area contributed by atoms with Gasteiger partial charge < -0.3 is 10.2 Å². The predicted molar refractivity (Wildman–Crippen MR) is 88.1 cm³/mol. The van der Waals surface area contributed by atoms with Gasteiger partial charge in [-0.3, -0.25) is 0 Å². The second kappa shape index (κ2) is 7.68. The molecule has 0 atom stereocenters. The van der Waals surface area contributed by atoms with Crippen molar-refractivity contribution in [1.29, 1.82) is 0 Å². The zero-order valence-electron chi connectivity index (χ0n) is 11.1. The highest BCUT2D eigenvalue weighted by Gasteiger charge is 2.00. The van der Waals surface area contributed by atoms with Crippen molar-refractivity contribution in [2.24, 2.45) is 0 Å².